The Hall–Kier alpha value is -1.66. The van der Waals surface area contributed by atoms with Gasteiger partial charge >= 0.3 is 0 Å². The summed E-state index contributed by atoms with van der Waals surface area (Å²) < 4.78 is 9.93. The van der Waals surface area contributed by atoms with Gasteiger partial charge in [-0.1, -0.05) is 0 Å². The second-order valence-electron chi connectivity index (χ2n) is 5.60. The molecule has 114 valence electrons. The van der Waals surface area contributed by atoms with E-state index in [-0.39, 0.29) is 6.10 Å². The predicted molar refractivity (Wildman–Crippen MR) is 79.9 cm³/mol. The van der Waals surface area contributed by atoms with Gasteiger partial charge in [0.15, 0.2) is 0 Å². The average molecular weight is 289 g/mol. The van der Waals surface area contributed by atoms with E-state index in [1.54, 1.807) is 0 Å². The average Bonchev–Trinajstić information content (AvgIpc) is 3.19. The number of rotatable bonds is 6. The summed E-state index contributed by atoms with van der Waals surface area (Å²) >= 11 is 0. The molecule has 1 saturated heterocycles. The molecular formula is C15H23N5O. The van der Waals surface area contributed by atoms with E-state index in [1.165, 1.54) is 11.3 Å². The lowest BCUT2D eigenvalue weighted by Crippen LogP contribution is -2.33. The quantitative estimate of drug-likeness (QED) is 0.818. The number of aromatic nitrogens is 4. The molecule has 1 N–H and O–H groups in total. The molecule has 2 atom stereocenters. The molecule has 3 heterocycles. The monoisotopic (exact) mass is 289 g/mol. The van der Waals surface area contributed by atoms with Gasteiger partial charge in [-0.3, -0.25) is 4.68 Å². The van der Waals surface area contributed by atoms with Gasteiger partial charge in [0.1, 0.15) is 6.10 Å². The summed E-state index contributed by atoms with van der Waals surface area (Å²) in [6, 6.07) is 0.385. The summed E-state index contributed by atoms with van der Waals surface area (Å²) in [6.45, 7) is 4.90. The van der Waals surface area contributed by atoms with Crippen LogP contribution in [0.4, 0.5) is 0 Å². The zero-order chi connectivity index (χ0) is 14.7. The third-order valence-electron chi connectivity index (χ3n) is 4.23. The van der Waals surface area contributed by atoms with Crippen LogP contribution in [-0.4, -0.2) is 38.5 Å². The normalized spacial score (nSPS) is 22.0. The molecule has 0 radical (unpaired) electrons. The standard InChI is InChI=1S/C15H23N5O/c1-12-13(10-18-19(12)2)15-14(4-9-21-15)17-5-3-7-20-8-6-16-11-20/h6,8,10-11,14-15,17H,3-5,7,9H2,1-2H3/t14-,15+/m0/s1. The Bertz CT molecular complexity index is 563. The van der Waals surface area contributed by atoms with Gasteiger partial charge in [-0.15, -0.1) is 0 Å². The number of hydrogen-bond acceptors (Lipinski definition) is 4. The maximum Gasteiger partial charge on any atom is 0.101 e. The van der Waals surface area contributed by atoms with E-state index in [0.717, 1.165) is 32.5 Å². The molecule has 0 saturated carbocycles. The minimum absolute atomic E-state index is 0.131. The van der Waals surface area contributed by atoms with Crippen LogP contribution in [0, 0.1) is 6.92 Å². The Kier molecular flexibility index (Phi) is 4.36. The highest BCUT2D eigenvalue weighted by molar-refractivity contribution is 5.21. The third-order valence-corrected chi connectivity index (χ3v) is 4.23. The van der Waals surface area contributed by atoms with Gasteiger partial charge < -0.3 is 14.6 Å². The van der Waals surface area contributed by atoms with E-state index in [4.69, 9.17) is 4.74 Å². The minimum Gasteiger partial charge on any atom is -0.372 e. The van der Waals surface area contributed by atoms with Gasteiger partial charge in [-0.05, 0) is 26.3 Å². The van der Waals surface area contributed by atoms with Gasteiger partial charge in [0.25, 0.3) is 0 Å². The Morgan fingerprint density at radius 1 is 1.48 bits per heavy atom. The van der Waals surface area contributed by atoms with Crippen LogP contribution in [0.5, 0.6) is 0 Å². The van der Waals surface area contributed by atoms with Crippen LogP contribution in [0.25, 0.3) is 0 Å². The van der Waals surface area contributed by atoms with Crippen LogP contribution >= 0.6 is 0 Å². The summed E-state index contributed by atoms with van der Waals surface area (Å²) in [6.07, 6.45) is 9.90. The highest BCUT2D eigenvalue weighted by Gasteiger charge is 2.31. The Morgan fingerprint density at radius 2 is 2.38 bits per heavy atom. The molecule has 0 aliphatic carbocycles. The van der Waals surface area contributed by atoms with E-state index in [1.807, 2.05) is 36.6 Å². The Balaban J connectivity index is 1.51. The number of hydrogen-bond donors (Lipinski definition) is 1. The van der Waals surface area contributed by atoms with E-state index in [2.05, 4.69) is 26.9 Å². The van der Waals surface area contributed by atoms with Crippen LogP contribution in [0.2, 0.25) is 0 Å². The third kappa shape index (κ3) is 3.16. The van der Waals surface area contributed by atoms with Crippen molar-refractivity contribution in [3.63, 3.8) is 0 Å². The first-order chi connectivity index (χ1) is 10.3. The molecule has 6 nitrogen and oxygen atoms in total. The lowest BCUT2D eigenvalue weighted by Gasteiger charge is -2.20. The zero-order valence-corrected chi connectivity index (χ0v) is 12.7. The lowest BCUT2D eigenvalue weighted by molar-refractivity contribution is 0.0981. The predicted octanol–water partition coefficient (Wildman–Crippen LogP) is 1.43. The molecule has 1 aliphatic rings. The maximum absolute atomic E-state index is 5.92. The smallest absolute Gasteiger partial charge is 0.101 e. The molecule has 21 heavy (non-hydrogen) atoms. The molecule has 6 heteroatoms. The molecule has 0 spiro atoms. The van der Waals surface area contributed by atoms with E-state index >= 15 is 0 Å². The van der Waals surface area contributed by atoms with Crippen molar-refractivity contribution in [2.75, 3.05) is 13.2 Å². The van der Waals surface area contributed by atoms with Crippen molar-refractivity contribution in [1.82, 2.24) is 24.6 Å². The first-order valence-corrected chi connectivity index (χ1v) is 7.55. The summed E-state index contributed by atoms with van der Waals surface area (Å²) in [7, 11) is 1.97. The maximum atomic E-state index is 5.92. The SMILES string of the molecule is Cc1c([C@H]2OCC[C@@H]2NCCCn2ccnc2)cnn1C. The lowest BCUT2D eigenvalue weighted by atomic mass is 10.0. The first-order valence-electron chi connectivity index (χ1n) is 7.55. The largest absolute Gasteiger partial charge is 0.372 e. The van der Waals surface area contributed by atoms with Crippen molar-refractivity contribution in [2.24, 2.45) is 7.05 Å². The molecule has 1 fully saturated rings. The number of ether oxygens (including phenoxy) is 1. The van der Waals surface area contributed by atoms with Crippen LogP contribution in [0.3, 0.4) is 0 Å². The molecule has 2 aromatic heterocycles. The Labute approximate surface area is 125 Å². The van der Waals surface area contributed by atoms with E-state index in [9.17, 15) is 0 Å². The number of imidazole rings is 1. The summed E-state index contributed by atoms with van der Waals surface area (Å²) in [5, 5.41) is 7.96. The van der Waals surface area contributed by atoms with Crippen molar-refractivity contribution >= 4 is 0 Å². The summed E-state index contributed by atoms with van der Waals surface area (Å²) in [5.74, 6) is 0. The highest BCUT2D eigenvalue weighted by atomic mass is 16.5. The molecule has 2 aromatic rings. The van der Waals surface area contributed by atoms with Gasteiger partial charge in [-0.2, -0.15) is 5.10 Å². The van der Waals surface area contributed by atoms with Gasteiger partial charge in [-0.25, -0.2) is 4.98 Å². The Morgan fingerprint density at radius 3 is 3.10 bits per heavy atom. The van der Waals surface area contributed by atoms with Gasteiger partial charge in [0.2, 0.25) is 0 Å². The van der Waals surface area contributed by atoms with Crippen molar-refractivity contribution in [3.8, 4) is 0 Å². The van der Waals surface area contributed by atoms with Crippen LogP contribution in [-0.2, 0) is 18.3 Å². The van der Waals surface area contributed by atoms with Crippen molar-refractivity contribution < 1.29 is 4.74 Å². The molecule has 0 bridgehead atoms. The minimum atomic E-state index is 0.131. The fraction of sp³-hybridized carbons (Fsp3) is 0.600. The second-order valence-corrected chi connectivity index (χ2v) is 5.60. The molecule has 0 amide bonds. The van der Waals surface area contributed by atoms with E-state index in [0.29, 0.717) is 6.04 Å². The summed E-state index contributed by atoms with van der Waals surface area (Å²) in [4.78, 5) is 4.06. The van der Waals surface area contributed by atoms with Crippen LogP contribution in [0.1, 0.15) is 30.2 Å². The molecule has 0 aromatic carbocycles. The van der Waals surface area contributed by atoms with Crippen LogP contribution < -0.4 is 5.32 Å². The number of nitrogens with one attached hydrogen (secondary N) is 1. The second kappa shape index (κ2) is 6.41. The van der Waals surface area contributed by atoms with Crippen molar-refractivity contribution in [2.45, 2.75) is 38.5 Å². The fourth-order valence-corrected chi connectivity index (χ4v) is 2.87. The number of aryl methyl sites for hydroxylation is 2. The highest BCUT2D eigenvalue weighted by Crippen LogP contribution is 2.30. The van der Waals surface area contributed by atoms with Crippen LogP contribution in [0.15, 0.2) is 24.9 Å². The summed E-state index contributed by atoms with van der Waals surface area (Å²) in [5.41, 5.74) is 2.40. The molecular weight excluding hydrogens is 266 g/mol. The molecule has 1 aliphatic heterocycles. The van der Waals surface area contributed by atoms with Crippen molar-refractivity contribution in [3.05, 3.63) is 36.2 Å². The molecule has 0 unspecified atom stereocenters. The number of nitrogens with zero attached hydrogens (tertiary/aromatic N) is 4. The fourth-order valence-electron chi connectivity index (χ4n) is 2.87. The zero-order valence-electron chi connectivity index (χ0n) is 12.7. The van der Waals surface area contributed by atoms with Gasteiger partial charge in [0, 0.05) is 49.9 Å². The van der Waals surface area contributed by atoms with Gasteiger partial charge in [0.05, 0.1) is 12.5 Å². The first kappa shape index (κ1) is 14.3. The van der Waals surface area contributed by atoms with E-state index < -0.39 is 0 Å². The molecule has 3 rings (SSSR count). The topological polar surface area (TPSA) is 56.9 Å². The van der Waals surface area contributed by atoms with Crippen molar-refractivity contribution in [1.29, 1.82) is 0 Å².